The Morgan fingerprint density at radius 1 is 1.06 bits per heavy atom. The summed E-state index contributed by atoms with van der Waals surface area (Å²) in [6.07, 6.45) is -10.6. The molecule has 0 spiro atoms. The van der Waals surface area contributed by atoms with Crippen LogP contribution in [0.15, 0.2) is 18.2 Å². The lowest BCUT2D eigenvalue weighted by atomic mass is 10.0. The maximum absolute atomic E-state index is 13.4. The lowest BCUT2D eigenvalue weighted by molar-refractivity contribution is -0.356. The van der Waals surface area contributed by atoms with Crippen LogP contribution >= 0.6 is 0 Å². The van der Waals surface area contributed by atoms with Crippen molar-refractivity contribution in [2.75, 3.05) is 5.75 Å². The van der Waals surface area contributed by atoms with Crippen molar-refractivity contribution in [3.8, 4) is 5.75 Å². The van der Waals surface area contributed by atoms with Crippen molar-refractivity contribution >= 4 is 22.1 Å². The molecule has 0 amide bonds. The number of aryl methyl sites for hydroxylation is 1. The summed E-state index contributed by atoms with van der Waals surface area (Å²) < 4.78 is 120. The molecule has 1 aromatic carbocycles. The summed E-state index contributed by atoms with van der Waals surface area (Å²) in [6, 6.07) is 2.95. The number of hydrogen-bond donors (Lipinski definition) is 1. The third-order valence-corrected chi connectivity index (χ3v) is 5.60. The molecule has 0 heterocycles. The van der Waals surface area contributed by atoms with Gasteiger partial charge in [-0.25, -0.2) is 4.79 Å². The summed E-state index contributed by atoms with van der Waals surface area (Å²) in [6.45, 7) is 1.45. The molecule has 14 heteroatoms. The Bertz CT molecular complexity index is 965. The molecule has 0 unspecified atom stereocenters. The van der Waals surface area contributed by atoms with E-state index >= 15 is 0 Å². The second-order valence-electron chi connectivity index (χ2n) is 7.34. The van der Waals surface area contributed by atoms with Crippen molar-refractivity contribution < 1.29 is 58.4 Å². The molecule has 0 bridgehead atoms. The molecular weight excluding hydrogens is 474 g/mol. The molecular formula is C18H18F6O7S. The van der Waals surface area contributed by atoms with Gasteiger partial charge in [0.15, 0.2) is 0 Å². The molecule has 0 aromatic heterocycles. The quantitative estimate of drug-likeness (QED) is 0.277. The number of ether oxygens (including phenoxy) is 2. The maximum atomic E-state index is 13.4. The normalized spacial score (nSPS) is 16.1. The Balaban J connectivity index is 2.49. The van der Waals surface area contributed by atoms with Gasteiger partial charge in [-0.15, -0.1) is 0 Å². The SMILES string of the molecule is Cc1ccc(C(=O)OC(CS(=O)(=O)O)(C(F)(F)F)C(F)(F)F)c(OC(=O)C2CCCC2)c1. The van der Waals surface area contributed by atoms with E-state index in [2.05, 4.69) is 4.74 Å². The third-order valence-electron chi connectivity index (χ3n) is 4.82. The highest BCUT2D eigenvalue weighted by Gasteiger charge is 2.76. The van der Waals surface area contributed by atoms with Gasteiger partial charge in [0.1, 0.15) is 17.1 Å². The van der Waals surface area contributed by atoms with Gasteiger partial charge in [-0.3, -0.25) is 9.35 Å². The Morgan fingerprint density at radius 2 is 1.59 bits per heavy atom. The van der Waals surface area contributed by atoms with Crippen LogP contribution in [0.3, 0.4) is 0 Å². The first-order valence-corrected chi connectivity index (χ1v) is 10.7. The molecule has 1 aliphatic rings. The van der Waals surface area contributed by atoms with Crippen molar-refractivity contribution in [1.29, 1.82) is 0 Å². The largest absolute Gasteiger partial charge is 0.438 e. The summed E-state index contributed by atoms with van der Waals surface area (Å²) in [5.74, 6) is -7.28. The van der Waals surface area contributed by atoms with Crippen LogP contribution in [-0.2, 0) is 19.6 Å². The van der Waals surface area contributed by atoms with Gasteiger partial charge in [-0.05, 0) is 37.5 Å². The van der Waals surface area contributed by atoms with Gasteiger partial charge in [0.25, 0.3) is 10.1 Å². The molecule has 32 heavy (non-hydrogen) atoms. The third kappa shape index (κ3) is 5.71. The van der Waals surface area contributed by atoms with Crippen LogP contribution in [0, 0.1) is 12.8 Å². The first-order chi connectivity index (χ1) is 14.5. The lowest BCUT2D eigenvalue weighted by Gasteiger charge is -2.35. The summed E-state index contributed by atoms with van der Waals surface area (Å²) in [7, 11) is -5.93. The highest BCUT2D eigenvalue weighted by Crippen LogP contribution is 2.47. The van der Waals surface area contributed by atoms with Crippen molar-refractivity contribution in [3.05, 3.63) is 29.3 Å². The Hall–Kier alpha value is -2.35. The topological polar surface area (TPSA) is 107 Å². The molecule has 0 saturated heterocycles. The molecule has 1 aliphatic carbocycles. The van der Waals surface area contributed by atoms with Gasteiger partial charge < -0.3 is 9.47 Å². The number of halogens is 6. The first-order valence-electron chi connectivity index (χ1n) is 9.11. The van der Waals surface area contributed by atoms with Crippen LogP contribution in [0.4, 0.5) is 26.3 Å². The van der Waals surface area contributed by atoms with E-state index in [0.29, 0.717) is 18.4 Å². The number of rotatable bonds is 6. The van der Waals surface area contributed by atoms with E-state index in [-0.39, 0.29) is 0 Å². The van der Waals surface area contributed by atoms with Crippen LogP contribution in [0.1, 0.15) is 41.6 Å². The number of alkyl halides is 6. The fourth-order valence-electron chi connectivity index (χ4n) is 3.18. The standard InChI is InChI=1S/C18H18F6O7S/c1-10-6-7-12(13(8-10)30-14(25)11-4-2-3-5-11)15(26)31-16(17(19,20)21,18(22,23)24)9-32(27,28)29/h6-8,11H,2-5,9H2,1H3,(H,27,28,29). The monoisotopic (exact) mass is 492 g/mol. The highest BCUT2D eigenvalue weighted by molar-refractivity contribution is 7.85. The van der Waals surface area contributed by atoms with Crippen LogP contribution in [0.25, 0.3) is 0 Å². The van der Waals surface area contributed by atoms with Crippen molar-refractivity contribution in [1.82, 2.24) is 0 Å². The minimum absolute atomic E-state index is 0.353. The Kier molecular flexibility index (Phi) is 7.19. The van der Waals surface area contributed by atoms with E-state index in [1.165, 1.54) is 6.92 Å². The lowest BCUT2D eigenvalue weighted by Crippen LogP contribution is -2.63. The molecule has 0 aliphatic heterocycles. The van der Waals surface area contributed by atoms with Gasteiger partial charge >= 0.3 is 29.9 Å². The van der Waals surface area contributed by atoms with Gasteiger partial charge in [0.05, 0.1) is 5.92 Å². The van der Waals surface area contributed by atoms with Crippen LogP contribution in [0.2, 0.25) is 0 Å². The second kappa shape index (κ2) is 8.89. The zero-order valence-electron chi connectivity index (χ0n) is 16.4. The van der Waals surface area contributed by atoms with Crippen molar-refractivity contribution in [2.45, 2.75) is 50.6 Å². The number of hydrogen-bond acceptors (Lipinski definition) is 6. The number of esters is 2. The second-order valence-corrected chi connectivity index (χ2v) is 8.79. The molecule has 180 valence electrons. The van der Waals surface area contributed by atoms with Gasteiger partial charge in [0, 0.05) is 0 Å². The minimum Gasteiger partial charge on any atom is -0.434 e. The van der Waals surface area contributed by atoms with Gasteiger partial charge in [-0.1, -0.05) is 18.9 Å². The van der Waals surface area contributed by atoms with Crippen molar-refractivity contribution in [3.63, 3.8) is 0 Å². The van der Waals surface area contributed by atoms with E-state index in [0.717, 1.165) is 31.0 Å². The molecule has 0 atom stereocenters. The van der Waals surface area contributed by atoms with E-state index in [9.17, 15) is 44.3 Å². The zero-order valence-corrected chi connectivity index (χ0v) is 17.2. The van der Waals surface area contributed by atoms with Crippen LogP contribution in [0.5, 0.6) is 5.75 Å². The van der Waals surface area contributed by atoms with Gasteiger partial charge in [-0.2, -0.15) is 34.8 Å². The number of carbonyl (C=O) groups excluding carboxylic acids is 2. The molecule has 1 fully saturated rings. The summed E-state index contributed by atoms with van der Waals surface area (Å²) in [4.78, 5) is 24.6. The molecule has 1 saturated carbocycles. The average Bonchev–Trinajstić information content (AvgIpc) is 3.12. The Labute approximate surface area is 178 Å². The summed E-state index contributed by atoms with van der Waals surface area (Å²) in [5, 5.41) is 0. The van der Waals surface area contributed by atoms with E-state index in [1.807, 2.05) is 0 Å². The maximum Gasteiger partial charge on any atom is 0.438 e. The zero-order chi connectivity index (χ0) is 24.5. The smallest absolute Gasteiger partial charge is 0.434 e. The average molecular weight is 492 g/mol. The van der Waals surface area contributed by atoms with Gasteiger partial charge in [0.2, 0.25) is 0 Å². The number of carbonyl (C=O) groups is 2. The minimum atomic E-state index is -6.47. The summed E-state index contributed by atoms with van der Waals surface area (Å²) in [5.41, 5.74) is -6.18. The molecule has 1 N–H and O–H groups in total. The fraction of sp³-hybridized carbons (Fsp3) is 0.556. The molecule has 7 nitrogen and oxygen atoms in total. The predicted molar refractivity (Wildman–Crippen MR) is 95.4 cm³/mol. The predicted octanol–water partition coefficient (Wildman–Crippen LogP) is 4.00. The molecule has 0 radical (unpaired) electrons. The number of benzene rings is 1. The molecule has 1 aromatic rings. The van der Waals surface area contributed by atoms with Crippen LogP contribution < -0.4 is 4.74 Å². The first kappa shape index (κ1) is 25.9. The Morgan fingerprint density at radius 3 is 2.06 bits per heavy atom. The van der Waals surface area contributed by atoms with E-state index < -0.39 is 63.0 Å². The van der Waals surface area contributed by atoms with E-state index in [4.69, 9.17) is 9.29 Å². The molecule has 2 rings (SSSR count). The van der Waals surface area contributed by atoms with Crippen LogP contribution in [-0.4, -0.2) is 48.6 Å². The fourth-order valence-corrected chi connectivity index (χ4v) is 4.08. The van der Waals surface area contributed by atoms with E-state index in [1.54, 1.807) is 0 Å². The highest BCUT2D eigenvalue weighted by atomic mass is 32.2. The summed E-state index contributed by atoms with van der Waals surface area (Å²) >= 11 is 0. The van der Waals surface area contributed by atoms with Crippen molar-refractivity contribution in [2.24, 2.45) is 5.92 Å².